The molecule has 0 saturated carbocycles. The number of ether oxygens (including phenoxy) is 1. The van der Waals surface area contributed by atoms with E-state index in [4.69, 9.17) is 16.3 Å². The van der Waals surface area contributed by atoms with Crippen LogP contribution in [0.5, 0.6) is 0 Å². The largest absolute Gasteiger partial charge is 0.455 e. The highest BCUT2D eigenvalue weighted by Crippen LogP contribution is 2.19. The number of hydrogen-bond donors (Lipinski definition) is 1. The predicted molar refractivity (Wildman–Crippen MR) is 79.0 cm³/mol. The number of rotatable bonds is 5. The average molecular weight is 328 g/mol. The third-order valence-corrected chi connectivity index (χ3v) is 3.46. The van der Waals surface area contributed by atoms with Crippen LogP contribution in [-0.4, -0.2) is 18.5 Å². The second kappa shape index (κ2) is 7.19. The van der Waals surface area contributed by atoms with Crippen molar-refractivity contribution < 1.29 is 18.7 Å². The van der Waals surface area contributed by atoms with Crippen LogP contribution in [0.1, 0.15) is 5.56 Å². The fourth-order valence-corrected chi connectivity index (χ4v) is 2.38. The van der Waals surface area contributed by atoms with Gasteiger partial charge in [0.05, 0.1) is 12.1 Å². The Bertz CT molecular complexity index is 646. The Labute approximate surface area is 129 Å². The molecule has 110 valence electrons. The number of anilines is 1. The highest BCUT2D eigenvalue weighted by Gasteiger charge is 2.11. The van der Waals surface area contributed by atoms with Gasteiger partial charge in [-0.3, -0.25) is 9.59 Å². The zero-order chi connectivity index (χ0) is 15.2. The summed E-state index contributed by atoms with van der Waals surface area (Å²) in [5.41, 5.74) is 0.771. The average Bonchev–Trinajstić information content (AvgIpc) is 2.93. The van der Waals surface area contributed by atoms with E-state index in [0.29, 0.717) is 5.02 Å². The topological polar surface area (TPSA) is 55.4 Å². The fraction of sp³-hybridized carbons (Fsp3) is 0.143. The van der Waals surface area contributed by atoms with Crippen molar-refractivity contribution in [2.75, 3.05) is 11.9 Å². The standard InChI is InChI=1S/C14H11ClFNO3S/c15-10-1-2-11(16)12(6-10)17-13(18)7-20-14(19)5-9-3-4-21-8-9/h1-4,6,8H,5,7H2,(H,17,18). The second-order valence-corrected chi connectivity index (χ2v) is 5.36. The Morgan fingerprint density at radius 1 is 1.33 bits per heavy atom. The van der Waals surface area contributed by atoms with Crippen LogP contribution in [0.25, 0.3) is 0 Å². The van der Waals surface area contributed by atoms with Crippen molar-refractivity contribution in [1.82, 2.24) is 0 Å². The maximum Gasteiger partial charge on any atom is 0.310 e. The van der Waals surface area contributed by atoms with E-state index >= 15 is 0 Å². The third-order valence-electron chi connectivity index (χ3n) is 2.50. The van der Waals surface area contributed by atoms with E-state index in [2.05, 4.69) is 5.32 Å². The molecular formula is C14H11ClFNO3S. The summed E-state index contributed by atoms with van der Waals surface area (Å²) >= 11 is 7.17. The van der Waals surface area contributed by atoms with Gasteiger partial charge in [0, 0.05) is 5.02 Å². The Morgan fingerprint density at radius 3 is 2.86 bits per heavy atom. The monoisotopic (exact) mass is 327 g/mol. The van der Waals surface area contributed by atoms with Gasteiger partial charge in [0.2, 0.25) is 0 Å². The number of carbonyl (C=O) groups excluding carboxylic acids is 2. The SMILES string of the molecule is O=C(COC(=O)Cc1ccsc1)Nc1cc(Cl)ccc1F. The van der Waals surface area contributed by atoms with E-state index in [-0.39, 0.29) is 12.1 Å². The van der Waals surface area contributed by atoms with E-state index < -0.39 is 24.3 Å². The number of nitrogens with one attached hydrogen (secondary N) is 1. The number of carbonyl (C=O) groups is 2. The number of hydrogen-bond acceptors (Lipinski definition) is 4. The molecular weight excluding hydrogens is 317 g/mol. The van der Waals surface area contributed by atoms with Crippen LogP contribution in [0.4, 0.5) is 10.1 Å². The van der Waals surface area contributed by atoms with Crippen molar-refractivity contribution in [3.8, 4) is 0 Å². The van der Waals surface area contributed by atoms with Crippen molar-refractivity contribution in [2.24, 2.45) is 0 Å². The molecule has 2 rings (SSSR count). The van der Waals surface area contributed by atoms with E-state index in [1.807, 2.05) is 10.8 Å². The molecule has 0 saturated heterocycles. The first-order chi connectivity index (χ1) is 10.0. The van der Waals surface area contributed by atoms with Gasteiger partial charge in [0.1, 0.15) is 5.82 Å². The van der Waals surface area contributed by atoms with E-state index in [1.165, 1.54) is 23.5 Å². The maximum absolute atomic E-state index is 13.4. The lowest BCUT2D eigenvalue weighted by Gasteiger charge is -2.07. The van der Waals surface area contributed by atoms with Crippen molar-refractivity contribution in [3.05, 3.63) is 51.4 Å². The first-order valence-corrected chi connectivity index (χ1v) is 7.28. The molecule has 0 bridgehead atoms. The lowest BCUT2D eigenvalue weighted by Crippen LogP contribution is -2.22. The molecule has 4 nitrogen and oxygen atoms in total. The molecule has 0 aliphatic heterocycles. The van der Waals surface area contributed by atoms with E-state index in [1.54, 1.807) is 6.07 Å². The number of esters is 1. The first-order valence-electron chi connectivity index (χ1n) is 5.96. The van der Waals surface area contributed by atoms with Gasteiger partial charge in [-0.15, -0.1) is 0 Å². The summed E-state index contributed by atoms with van der Waals surface area (Å²) in [6.07, 6.45) is 0.0995. The van der Waals surface area contributed by atoms with Gasteiger partial charge in [-0.25, -0.2) is 4.39 Å². The van der Waals surface area contributed by atoms with Gasteiger partial charge < -0.3 is 10.1 Å². The smallest absolute Gasteiger partial charge is 0.310 e. The minimum Gasteiger partial charge on any atom is -0.455 e. The number of benzene rings is 1. The van der Waals surface area contributed by atoms with Crippen LogP contribution >= 0.6 is 22.9 Å². The molecule has 7 heteroatoms. The molecule has 0 atom stereocenters. The minimum atomic E-state index is -0.630. The Balaban J connectivity index is 1.82. The molecule has 0 fully saturated rings. The molecule has 0 radical (unpaired) electrons. The Kier molecular flexibility index (Phi) is 5.30. The molecule has 0 spiro atoms. The quantitative estimate of drug-likeness (QED) is 0.858. The summed E-state index contributed by atoms with van der Waals surface area (Å²) in [4.78, 5) is 23.1. The van der Waals surface area contributed by atoms with Crippen LogP contribution in [0.2, 0.25) is 5.02 Å². The van der Waals surface area contributed by atoms with Crippen LogP contribution in [0.3, 0.4) is 0 Å². The molecule has 2 aromatic rings. The van der Waals surface area contributed by atoms with Crippen molar-refractivity contribution in [2.45, 2.75) is 6.42 Å². The summed E-state index contributed by atoms with van der Waals surface area (Å²) in [5, 5.41) is 6.25. The number of thiophene rings is 1. The molecule has 0 unspecified atom stereocenters. The predicted octanol–water partition coefficient (Wildman–Crippen LogP) is 3.27. The molecule has 21 heavy (non-hydrogen) atoms. The lowest BCUT2D eigenvalue weighted by atomic mass is 10.2. The fourth-order valence-electron chi connectivity index (χ4n) is 1.54. The molecule has 1 N–H and O–H groups in total. The van der Waals surface area contributed by atoms with Gasteiger partial charge in [-0.2, -0.15) is 11.3 Å². The van der Waals surface area contributed by atoms with Crippen LogP contribution in [0, 0.1) is 5.82 Å². The maximum atomic E-state index is 13.4. The molecule has 1 aromatic heterocycles. The lowest BCUT2D eigenvalue weighted by molar-refractivity contribution is -0.146. The Morgan fingerprint density at radius 2 is 2.14 bits per heavy atom. The summed E-state index contributed by atoms with van der Waals surface area (Å²) < 4.78 is 18.2. The zero-order valence-electron chi connectivity index (χ0n) is 10.8. The van der Waals surface area contributed by atoms with Gasteiger partial charge >= 0.3 is 5.97 Å². The van der Waals surface area contributed by atoms with Gasteiger partial charge in [0.25, 0.3) is 5.91 Å². The van der Waals surface area contributed by atoms with Crippen LogP contribution in [0.15, 0.2) is 35.0 Å². The van der Waals surface area contributed by atoms with Crippen molar-refractivity contribution in [1.29, 1.82) is 0 Å². The number of halogens is 2. The highest BCUT2D eigenvalue weighted by molar-refractivity contribution is 7.07. The highest BCUT2D eigenvalue weighted by atomic mass is 35.5. The number of amides is 1. The second-order valence-electron chi connectivity index (χ2n) is 4.14. The first kappa shape index (κ1) is 15.5. The summed E-state index contributed by atoms with van der Waals surface area (Å²) in [6, 6.07) is 5.59. The molecule has 1 amide bonds. The van der Waals surface area contributed by atoms with Gasteiger partial charge in [-0.1, -0.05) is 11.6 Å². The van der Waals surface area contributed by atoms with Crippen LogP contribution < -0.4 is 5.32 Å². The van der Waals surface area contributed by atoms with Gasteiger partial charge in [0.15, 0.2) is 6.61 Å². The molecule has 1 heterocycles. The minimum absolute atomic E-state index is 0.0543. The third kappa shape index (κ3) is 4.84. The molecule has 1 aromatic carbocycles. The normalized spacial score (nSPS) is 10.2. The molecule has 0 aliphatic carbocycles. The zero-order valence-corrected chi connectivity index (χ0v) is 12.3. The van der Waals surface area contributed by atoms with Crippen molar-refractivity contribution >= 4 is 40.5 Å². The van der Waals surface area contributed by atoms with E-state index in [9.17, 15) is 14.0 Å². The Hall–Kier alpha value is -1.92. The molecule has 0 aliphatic rings. The summed E-state index contributed by atoms with van der Waals surface area (Å²) in [6.45, 7) is -0.477. The van der Waals surface area contributed by atoms with Gasteiger partial charge in [-0.05, 0) is 40.6 Å². The van der Waals surface area contributed by atoms with Crippen LogP contribution in [-0.2, 0) is 20.7 Å². The van der Waals surface area contributed by atoms with Crippen molar-refractivity contribution in [3.63, 3.8) is 0 Å². The summed E-state index contributed by atoms with van der Waals surface area (Å²) in [7, 11) is 0. The summed E-state index contributed by atoms with van der Waals surface area (Å²) in [5.74, 6) is -1.76. The van der Waals surface area contributed by atoms with E-state index in [0.717, 1.165) is 11.6 Å².